The van der Waals surface area contributed by atoms with Crippen LogP contribution >= 0.6 is 11.6 Å². The summed E-state index contributed by atoms with van der Waals surface area (Å²) >= 11 is 5.78. The van der Waals surface area contributed by atoms with E-state index in [1.807, 2.05) is 0 Å². The van der Waals surface area contributed by atoms with Crippen LogP contribution in [0.1, 0.15) is 23.6 Å². The molecule has 1 atom stereocenters. The number of aliphatic hydroxyl groups is 1. The molecule has 0 radical (unpaired) electrons. The number of halogens is 4. The Hall–Kier alpha value is -2.78. The average molecular weight is 445 g/mol. The fraction of sp³-hybridized carbons (Fsp3) is 0.300. The van der Waals surface area contributed by atoms with Crippen LogP contribution in [0.2, 0.25) is 5.02 Å². The third kappa shape index (κ3) is 4.85. The normalized spacial score (nSPS) is 13.3. The lowest BCUT2D eigenvalue weighted by molar-refractivity contribution is -0.267. The number of aryl methyl sites for hydroxylation is 2. The average Bonchev–Trinajstić information content (AvgIpc) is 2.65. The van der Waals surface area contributed by atoms with Gasteiger partial charge in [-0.3, -0.25) is 0 Å². The molecule has 2 aromatic carbocycles. The molecule has 0 saturated carbocycles. The summed E-state index contributed by atoms with van der Waals surface area (Å²) in [6.07, 6.45) is -5.31. The van der Waals surface area contributed by atoms with Gasteiger partial charge in [0.1, 0.15) is 0 Å². The molecule has 0 heterocycles. The van der Waals surface area contributed by atoms with Gasteiger partial charge in [0.05, 0.1) is 6.61 Å². The quantitative estimate of drug-likeness (QED) is 0.571. The van der Waals surface area contributed by atoms with E-state index in [4.69, 9.17) is 11.6 Å². The lowest BCUT2D eigenvalue weighted by Gasteiger charge is -2.29. The zero-order chi connectivity index (χ0) is 22.7. The molecular weight excluding hydrogens is 425 g/mol. The third-order valence-electron chi connectivity index (χ3n) is 4.27. The second kappa shape index (κ2) is 8.93. The SMILES string of the molecule is CCOC(=O)C(O)(c1cc(C)c(NC(=O)Nc2ccc(Cl)cc2)c(C)c1)C(F)(F)F. The summed E-state index contributed by atoms with van der Waals surface area (Å²) in [7, 11) is 0. The predicted molar refractivity (Wildman–Crippen MR) is 107 cm³/mol. The van der Waals surface area contributed by atoms with Gasteiger partial charge in [-0.1, -0.05) is 23.7 Å². The molecule has 2 amide bonds. The fourth-order valence-electron chi connectivity index (χ4n) is 2.81. The third-order valence-corrected chi connectivity index (χ3v) is 4.52. The van der Waals surface area contributed by atoms with Gasteiger partial charge in [0.25, 0.3) is 5.60 Å². The first kappa shape index (κ1) is 23.5. The van der Waals surface area contributed by atoms with Crippen LogP contribution in [0.4, 0.5) is 29.3 Å². The van der Waals surface area contributed by atoms with Crippen molar-refractivity contribution in [2.75, 3.05) is 17.2 Å². The first-order chi connectivity index (χ1) is 13.9. The number of carbonyl (C=O) groups is 2. The summed E-state index contributed by atoms with van der Waals surface area (Å²) in [6.45, 7) is 3.88. The first-order valence-corrected chi connectivity index (χ1v) is 9.19. The molecule has 2 aromatic rings. The Bertz CT molecular complexity index is 925. The molecule has 2 rings (SSSR count). The molecule has 0 bridgehead atoms. The molecule has 10 heteroatoms. The molecule has 162 valence electrons. The summed E-state index contributed by atoms with van der Waals surface area (Å²) in [4.78, 5) is 24.2. The van der Waals surface area contributed by atoms with Gasteiger partial charge in [-0.2, -0.15) is 13.2 Å². The lowest BCUT2D eigenvalue weighted by Crippen LogP contribution is -2.50. The van der Waals surface area contributed by atoms with Crippen molar-refractivity contribution in [2.24, 2.45) is 0 Å². The Morgan fingerprint density at radius 2 is 1.60 bits per heavy atom. The number of rotatable bonds is 5. The molecule has 0 aliphatic rings. The maximum Gasteiger partial charge on any atom is 0.432 e. The van der Waals surface area contributed by atoms with Crippen LogP contribution in [0.5, 0.6) is 0 Å². The maximum atomic E-state index is 13.6. The maximum absolute atomic E-state index is 13.6. The van der Waals surface area contributed by atoms with Crippen molar-refractivity contribution >= 4 is 35.0 Å². The molecule has 0 aliphatic carbocycles. The highest BCUT2D eigenvalue weighted by atomic mass is 35.5. The Labute approximate surface area is 176 Å². The van der Waals surface area contributed by atoms with E-state index in [2.05, 4.69) is 15.4 Å². The number of alkyl halides is 3. The first-order valence-electron chi connectivity index (χ1n) is 8.81. The standard InChI is InChI=1S/C20H20ClF3N2O4/c1-4-30-17(27)19(29,20(22,23)24)13-9-11(2)16(12(3)10-13)26-18(28)25-15-7-5-14(21)6-8-15/h5-10,29H,4H2,1-3H3,(H2,25,26,28). The number of carbonyl (C=O) groups excluding carboxylic acids is 2. The second-order valence-corrected chi connectivity index (χ2v) is 6.94. The van der Waals surface area contributed by atoms with Gasteiger partial charge in [0.2, 0.25) is 0 Å². The van der Waals surface area contributed by atoms with Gasteiger partial charge in [0.15, 0.2) is 0 Å². The van der Waals surface area contributed by atoms with Crippen molar-refractivity contribution < 1.29 is 32.6 Å². The van der Waals surface area contributed by atoms with E-state index in [1.165, 1.54) is 20.8 Å². The van der Waals surface area contributed by atoms with Gasteiger partial charge in [-0.15, -0.1) is 0 Å². The molecule has 0 spiro atoms. The van der Waals surface area contributed by atoms with E-state index in [0.29, 0.717) is 10.7 Å². The van der Waals surface area contributed by atoms with Crippen molar-refractivity contribution in [3.8, 4) is 0 Å². The van der Waals surface area contributed by atoms with Crippen molar-refractivity contribution in [1.29, 1.82) is 0 Å². The molecule has 1 unspecified atom stereocenters. The van der Waals surface area contributed by atoms with Crippen LogP contribution in [0.3, 0.4) is 0 Å². The Kier molecular flexibility index (Phi) is 6.99. The summed E-state index contributed by atoms with van der Waals surface area (Å²) in [5, 5.41) is 15.9. The fourth-order valence-corrected chi connectivity index (χ4v) is 2.94. The minimum Gasteiger partial charge on any atom is -0.463 e. The zero-order valence-electron chi connectivity index (χ0n) is 16.4. The number of esters is 1. The number of nitrogens with one attached hydrogen (secondary N) is 2. The van der Waals surface area contributed by atoms with Gasteiger partial charge < -0.3 is 20.5 Å². The summed E-state index contributed by atoms with van der Waals surface area (Å²) in [5.74, 6) is -1.82. The number of benzene rings is 2. The topological polar surface area (TPSA) is 87.7 Å². The highest BCUT2D eigenvalue weighted by Crippen LogP contribution is 2.41. The molecule has 30 heavy (non-hydrogen) atoms. The number of ether oxygens (including phenoxy) is 1. The molecule has 0 fully saturated rings. The summed E-state index contributed by atoms with van der Waals surface area (Å²) < 4.78 is 45.1. The highest BCUT2D eigenvalue weighted by Gasteiger charge is 2.62. The van der Waals surface area contributed by atoms with E-state index in [-0.39, 0.29) is 23.4 Å². The van der Waals surface area contributed by atoms with Crippen molar-refractivity contribution in [1.82, 2.24) is 0 Å². The van der Waals surface area contributed by atoms with Crippen LogP contribution in [0.25, 0.3) is 0 Å². The number of hydrogen-bond acceptors (Lipinski definition) is 4. The number of anilines is 2. The van der Waals surface area contributed by atoms with Crippen LogP contribution in [0, 0.1) is 13.8 Å². The van der Waals surface area contributed by atoms with Crippen molar-refractivity contribution in [3.05, 3.63) is 58.1 Å². The highest BCUT2D eigenvalue weighted by molar-refractivity contribution is 6.30. The largest absolute Gasteiger partial charge is 0.463 e. The Morgan fingerprint density at radius 1 is 1.07 bits per heavy atom. The van der Waals surface area contributed by atoms with E-state index in [1.54, 1.807) is 24.3 Å². The lowest BCUT2D eigenvalue weighted by atomic mass is 9.89. The number of amides is 2. The smallest absolute Gasteiger partial charge is 0.432 e. The van der Waals surface area contributed by atoms with Gasteiger partial charge in [-0.25, -0.2) is 9.59 Å². The van der Waals surface area contributed by atoms with Gasteiger partial charge >= 0.3 is 18.2 Å². The summed E-state index contributed by atoms with van der Waals surface area (Å²) in [5.41, 5.74) is -3.42. The van der Waals surface area contributed by atoms with Gasteiger partial charge in [-0.05, 0) is 56.2 Å². The minimum absolute atomic E-state index is 0.211. The van der Waals surface area contributed by atoms with Crippen molar-refractivity contribution in [2.45, 2.75) is 32.5 Å². The predicted octanol–water partition coefficient (Wildman–Crippen LogP) is 4.91. The summed E-state index contributed by atoms with van der Waals surface area (Å²) in [6, 6.07) is 7.64. The Balaban J connectivity index is 2.34. The van der Waals surface area contributed by atoms with Crippen molar-refractivity contribution in [3.63, 3.8) is 0 Å². The van der Waals surface area contributed by atoms with E-state index >= 15 is 0 Å². The van der Waals surface area contributed by atoms with E-state index < -0.39 is 29.3 Å². The van der Waals surface area contributed by atoms with Crippen LogP contribution < -0.4 is 10.6 Å². The minimum atomic E-state index is -5.31. The molecule has 0 aliphatic heterocycles. The van der Waals surface area contributed by atoms with Crippen LogP contribution in [-0.2, 0) is 15.1 Å². The molecule has 0 saturated heterocycles. The van der Waals surface area contributed by atoms with E-state index in [0.717, 1.165) is 12.1 Å². The molecule has 0 aromatic heterocycles. The zero-order valence-corrected chi connectivity index (χ0v) is 17.1. The Morgan fingerprint density at radius 3 is 2.07 bits per heavy atom. The number of urea groups is 1. The van der Waals surface area contributed by atoms with Gasteiger partial charge in [0, 0.05) is 22.0 Å². The molecular formula is C20H20ClF3N2O4. The monoisotopic (exact) mass is 444 g/mol. The van der Waals surface area contributed by atoms with Crippen LogP contribution in [0.15, 0.2) is 36.4 Å². The second-order valence-electron chi connectivity index (χ2n) is 6.50. The van der Waals surface area contributed by atoms with Crippen LogP contribution in [-0.4, -0.2) is 29.9 Å². The number of hydrogen-bond donors (Lipinski definition) is 3. The molecule has 3 N–H and O–H groups in total. The molecule has 6 nitrogen and oxygen atoms in total. The van der Waals surface area contributed by atoms with E-state index in [9.17, 15) is 27.9 Å².